The van der Waals surface area contributed by atoms with Crippen LogP contribution in [-0.4, -0.2) is 26.7 Å². The standard InChI is InChI=1S/C18H16N4O2S/c1-22-14(23)10-9-13(21-22)16-15(11-5-3-2-4-6-11)20-18(25-16)17(24)19-12-7-8-12/h2-6,9-10,12H,7-8H2,1H3,(H,19,24). The molecule has 1 fully saturated rings. The number of amides is 1. The Hall–Kier alpha value is -2.80. The van der Waals surface area contributed by atoms with Crippen LogP contribution in [-0.2, 0) is 7.05 Å². The highest BCUT2D eigenvalue weighted by Gasteiger charge is 2.27. The van der Waals surface area contributed by atoms with Gasteiger partial charge in [-0.25, -0.2) is 9.67 Å². The average Bonchev–Trinajstić information content (AvgIpc) is 3.32. The molecule has 0 bridgehead atoms. The van der Waals surface area contributed by atoms with Gasteiger partial charge in [-0.1, -0.05) is 30.3 Å². The quantitative estimate of drug-likeness (QED) is 0.782. The Bertz CT molecular complexity index is 990. The fourth-order valence-corrected chi connectivity index (χ4v) is 3.44. The van der Waals surface area contributed by atoms with E-state index in [4.69, 9.17) is 0 Å². The van der Waals surface area contributed by atoms with E-state index in [9.17, 15) is 9.59 Å². The number of benzene rings is 1. The van der Waals surface area contributed by atoms with Crippen LogP contribution in [0.4, 0.5) is 0 Å². The average molecular weight is 352 g/mol. The molecule has 0 saturated heterocycles. The Morgan fingerprint density at radius 3 is 2.64 bits per heavy atom. The fourth-order valence-electron chi connectivity index (χ4n) is 2.48. The van der Waals surface area contributed by atoms with E-state index in [2.05, 4.69) is 15.4 Å². The first-order valence-corrected chi connectivity index (χ1v) is 8.85. The summed E-state index contributed by atoms with van der Waals surface area (Å²) in [7, 11) is 1.61. The molecule has 7 heteroatoms. The molecule has 0 unspecified atom stereocenters. The van der Waals surface area contributed by atoms with E-state index >= 15 is 0 Å². The maximum atomic E-state index is 12.4. The summed E-state index contributed by atoms with van der Waals surface area (Å²) in [5.74, 6) is -0.152. The van der Waals surface area contributed by atoms with Gasteiger partial charge in [0.15, 0.2) is 5.01 Å². The van der Waals surface area contributed by atoms with Crippen LogP contribution in [0.2, 0.25) is 0 Å². The highest BCUT2D eigenvalue weighted by atomic mass is 32.1. The number of aryl methyl sites for hydroxylation is 1. The van der Waals surface area contributed by atoms with Crippen molar-refractivity contribution in [2.45, 2.75) is 18.9 Å². The van der Waals surface area contributed by atoms with Crippen LogP contribution in [0.15, 0.2) is 47.3 Å². The van der Waals surface area contributed by atoms with Crippen molar-refractivity contribution in [1.29, 1.82) is 0 Å². The van der Waals surface area contributed by atoms with Gasteiger partial charge >= 0.3 is 0 Å². The Morgan fingerprint density at radius 2 is 1.96 bits per heavy atom. The number of thiazole rings is 1. The zero-order valence-corrected chi connectivity index (χ0v) is 14.4. The Labute approximate surface area is 148 Å². The van der Waals surface area contributed by atoms with Crippen molar-refractivity contribution in [2.24, 2.45) is 7.05 Å². The lowest BCUT2D eigenvalue weighted by atomic mass is 10.1. The molecule has 0 atom stereocenters. The summed E-state index contributed by atoms with van der Waals surface area (Å²) in [6.45, 7) is 0. The molecular formula is C18H16N4O2S. The molecular weight excluding hydrogens is 336 g/mol. The molecule has 1 N–H and O–H groups in total. The summed E-state index contributed by atoms with van der Waals surface area (Å²) >= 11 is 1.30. The first-order chi connectivity index (χ1) is 12.1. The van der Waals surface area contributed by atoms with Gasteiger partial charge in [0.1, 0.15) is 5.69 Å². The zero-order chi connectivity index (χ0) is 17.4. The molecule has 0 aliphatic heterocycles. The van der Waals surface area contributed by atoms with Gasteiger partial charge < -0.3 is 5.32 Å². The van der Waals surface area contributed by atoms with Gasteiger partial charge in [-0.05, 0) is 18.9 Å². The molecule has 1 saturated carbocycles. The topological polar surface area (TPSA) is 76.9 Å². The van der Waals surface area contributed by atoms with Crippen molar-refractivity contribution in [2.75, 3.05) is 0 Å². The maximum Gasteiger partial charge on any atom is 0.280 e. The minimum atomic E-state index is -0.179. The van der Waals surface area contributed by atoms with Gasteiger partial charge in [-0.2, -0.15) is 5.10 Å². The monoisotopic (exact) mass is 352 g/mol. The highest BCUT2D eigenvalue weighted by Crippen LogP contribution is 2.35. The summed E-state index contributed by atoms with van der Waals surface area (Å²) in [5, 5.41) is 7.70. The highest BCUT2D eigenvalue weighted by molar-refractivity contribution is 7.17. The largest absolute Gasteiger partial charge is 0.347 e. The second-order valence-corrected chi connectivity index (χ2v) is 6.99. The predicted molar refractivity (Wildman–Crippen MR) is 96.5 cm³/mol. The smallest absolute Gasteiger partial charge is 0.280 e. The van der Waals surface area contributed by atoms with Gasteiger partial charge in [-0.3, -0.25) is 9.59 Å². The molecule has 1 aromatic carbocycles. The second kappa shape index (κ2) is 6.25. The third kappa shape index (κ3) is 3.23. The lowest BCUT2D eigenvalue weighted by Crippen LogP contribution is -2.25. The van der Waals surface area contributed by atoms with Crippen LogP contribution in [0.5, 0.6) is 0 Å². The third-order valence-corrected chi connectivity index (χ3v) is 5.05. The molecule has 1 amide bonds. The lowest BCUT2D eigenvalue weighted by molar-refractivity contribution is 0.0951. The van der Waals surface area contributed by atoms with E-state index in [1.165, 1.54) is 22.1 Å². The van der Waals surface area contributed by atoms with Crippen molar-refractivity contribution in [3.8, 4) is 21.8 Å². The van der Waals surface area contributed by atoms with Crippen LogP contribution in [0.3, 0.4) is 0 Å². The van der Waals surface area contributed by atoms with Gasteiger partial charge in [0, 0.05) is 24.7 Å². The number of hydrogen-bond acceptors (Lipinski definition) is 5. The summed E-state index contributed by atoms with van der Waals surface area (Å²) in [4.78, 5) is 29.4. The number of aromatic nitrogens is 3. The Morgan fingerprint density at radius 1 is 1.20 bits per heavy atom. The Kier molecular flexibility index (Phi) is 3.93. The fraction of sp³-hybridized carbons (Fsp3) is 0.222. The normalized spacial score (nSPS) is 13.6. The molecule has 25 heavy (non-hydrogen) atoms. The minimum Gasteiger partial charge on any atom is -0.347 e. The van der Waals surface area contributed by atoms with Crippen LogP contribution in [0, 0.1) is 0 Å². The van der Waals surface area contributed by atoms with Crippen molar-refractivity contribution in [3.63, 3.8) is 0 Å². The number of carbonyl (C=O) groups excluding carboxylic acids is 1. The van der Waals surface area contributed by atoms with Gasteiger partial charge in [0.05, 0.1) is 10.6 Å². The van der Waals surface area contributed by atoms with Gasteiger partial charge in [-0.15, -0.1) is 11.3 Å². The summed E-state index contributed by atoms with van der Waals surface area (Å²) < 4.78 is 1.29. The van der Waals surface area contributed by atoms with Crippen LogP contribution >= 0.6 is 11.3 Å². The van der Waals surface area contributed by atoms with E-state index in [-0.39, 0.29) is 17.5 Å². The zero-order valence-electron chi connectivity index (χ0n) is 13.6. The second-order valence-electron chi connectivity index (χ2n) is 5.99. The van der Waals surface area contributed by atoms with E-state index in [0.29, 0.717) is 16.4 Å². The molecule has 3 aromatic rings. The first-order valence-electron chi connectivity index (χ1n) is 8.03. The van der Waals surface area contributed by atoms with E-state index in [1.54, 1.807) is 13.1 Å². The lowest BCUT2D eigenvalue weighted by Gasteiger charge is -2.03. The molecule has 6 nitrogen and oxygen atoms in total. The summed E-state index contributed by atoms with van der Waals surface area (Å²) in [6, 6.07) is 13.1. The number of nitrogens with zero attached hydrogens (tertiary/aromatic N) is 3. The third-order valence-electron chi connectivity index (χ3n) is 3.97. The van der Waals surface area contributed by atoms with E-state index in [0.717, 1.165) is 23.3 Å². The van der Waals surface area contributed by atoms with Crippen LogP contribution < -0.4 is 10.9 Å². The first kappa shape index (κ1) is 15.7. The molecule has 0 radical (unpaired) electrons. The molecule has 4 rings (SSSR count). The van der Waals surface area contributed by atoms with E-state index < -0.39 is 0 Å². The van der Waals surface area contributed by atoms with Crippen molar-refractivity contribution in [1.82, 2.24) is 20.1 Å². The maximum absolute atomic E-state index is 12.4. The van der Waals surface area contributed by atoms with Gasteiger partial charge in [0.2, 0.25) is 0 Å². The minimum absolute atomic E-state index is 0.152. The predicted octanol–water partition coefficient (Wildman–Crippen LogP) is 2.46. The number of carbonyl (C=O) groups is 1. The number of rotatable bonds is 4. The number of hydrogen-bond donors (Lipinski definition) is 1. The van der Waals surface area contributed by atoms with E-state index in [1.807, 2.05) is 30.3 Å². The summed E-state index contributed by atoms with van der Waals surface area (Å²) in [5.41, 5.74) is 2.07. The molecule has 1 aliphatic rings. The van der Waals surface area contributed by atoms with Crippen molar-refractivity contribution >= 4 is 17.2 Å². The van der Waals surface area contributed by atoms with Crippen LogP contribution in [0.25, 0.3) is 21.8 Å². The van der Waals surface area contributed by atoms with Gasteiger partial charge in [0.25, 0.3) is 11.5 Å². The molecule has 1 aliphatic carbocycles. The molecule has 2 aromatic heterocycles. The number of nitrogens with one attached hydrogen (secondary N) is 1. The summed E-state index contributed by atoms with van der Waals surface area (Å²) in [6.07, 6.45) is 2.05. The SMILES string of the molecule is Cn1nc(-c2sc(C(=O)NC3CC3)nc2-c2ccccc2)ccc1=O. The van der Waals surface area contributed by atoms with Crippen molar-refractivity contribution < 1.29 is 4.79 Å². The molecule has 126 valence electrons. The molecule has 2 heterocycles. The molecule has 0 spiro atoms. The Balaban J connectivity index is 1.82. The van der Waals surface area contributed by atoms with Crippen LogP contribution in [0.1, 0.15) is 22.6 Å². The van der Waals surface area contributed by atoms with Crippen molar-refractivity contribution in [3.05, 3.63) is 57.8 Å².